The van der Waals surface area contributed by atoms with E-state index in [1.54, 1.807) is 25.4 Å². The summed E-state index contributed by atoms with van der Waals surface area (Å²) in [4.78, 5) is 52.2. The van der Waals surface area contributed by atoms with E-state index in [1.807, 2.05) is 62.4 Å². The fourth-order valence-electron chi connectivity index (χ4n) is 6.92. The third kappa shape index (κ3) is 13.0. The fraction of sp³-hybridized carbons (Fsp3) is 0.444. The number of nitrogens with zero attached hydrogens (tertiary/aromatic N) is 5. The number of benzene rings is 3. The predicted octanol–water partition coefficient (Wildman–Crippen LogP) is 7.76. The smallest absolute Gasteiger partial charge is 0.255 e. The number of alkyl halides is 1. The highest BCUT2D eigenvalue weighted by Crippen LogP contribution is 2.39. The van der Waals surface area contributed by atoms with Crippen LogP contribution < -0.4 is 25.1 Å². The molecule has 1 aromatic heterocycles. The first kappa shape index (κ1) is 47.6. The van der Waals surface area contributed by atoms with Crippen molar-refractivity contribution in [2.75, 3.05) is 82.3 Å². The first-order valence-corrected chi connectivity index (χ1v) is 21.8. The number of halogens is 2. The van der Waals surface area contributed by atoms with Crippen LogP contribution in [0, 0.1) is 5.92 Å². The Labute approximate surface area is 375 Å². The van der Waals surface area contributed by atoms with Crippen molar-refractivity contribution in [3.63, 3.8) is 0 Å². The van der Waals surface area contributed by atoms with Crippen molar-refractivity contribution in [3.8, 4) is 11.5 Å². The second kappa shape index (κ2) is 22.6. The molecular weight excluding hydrogens is 838 g/mol. The highest BCUT2D eigenvalue weighted by atomic mass is 35.5. The number of hydrogen-bond acceptors (Lipinski definition) is 13. The lowest BCUT2D eigenvalue weighted by Gasteiger charge is -2.36. The van der Waals surface area contributed by atoms with E-state index >= 15 is 0 Å². The van der Waals surface area contributed by atoms with E-state index in [0.29, 0.717) is 58.9 Å². The third-order valence-corrected chi connectivity index (χ3v) is 11.3. The van der Waals surface area contributed by atoms with Crippen LogP contribution >= 0.6 is 36.0 Å². The molecule has 1 atom stereocenters. The zero-order valence-corrected chi connectivity index (χ0v) is 38.2. The van der Waals surface area contributed by atoms with Crippen LogP contribution in [0.4, 0.5) is 11.6 Å². The topological polar surface area (TPSA) is 138 Å². The molecule has 4 aromatic rings. The van der Waals surface area contributed by atoms with Gasteiger partial charge in [0.25, 0.3) is 5.91 Å². The second-order valence-electron chi connectivity index (χ2n) is 15.5. The van der Waals surface area contributed by atoms with Crippen molar-refractivity contribution < 1.29 is 28.6 Å². The molecule has 0 radical (unpaired) electrons. The predicted molar refractivity (Wildman–Crippen MR) is 245 cm³/mol. The zero-order valence-electron chi connectivity index (χ0n) is 35.8. The van der Waals surface area contributed by atoms with Gasteiger partial charge >= 0.3 is 0 Å². The Morgan fingerprint density at radius 3 is 2.34 bits per heavy atom. The number of ether oxygens (including phenoxy) is 3. The maximum atomic E-state index is 13.7. The van der Waals surface area contributed by atoms with Crippen molar-refractivity contribution in [2.45, 2.75) is 53.1 Å². The lowest BCUT2D eigenvalue weighted by molar-refractivity contribution is 0.0868. The van der Waals surface area contributed by atoms with E-state index in [-0.39, 0.29) is 48.2 Å². The van der Waals surface area contributed by atoms with Gasteiger partial charge in [0.2, 0.25) is 5.95 Å². The molecule has 1 aliphatic heterocycles. The molecule has 2 heterocycles. The first-order valence-electron chi connectivity index (χ1n) is 20.5. The van der Waals surface area contributed by atoms with E-state index in [9.17, 15) is 14.4 Å². The average molecular weight is 895 g/mol. The third-order valence-electron chi connectivity index (χ3n) is 10.8. The van der Waals surface area contributed by atoms with Crippen LogP contribution in [-0.4, -0.2) is 109 Å². The van der Waals surface area contributed by atoms with Gasteiger partial charge in [0, 0.05) is 80.7 Å². The summed E-state index contributed by atoms with van der Waals surface area (Å²) >= 11 is 16.9. The minimum Gasteiger partial charge on any atom is -0.490 e. The highest BCUT2D eigenvalue weighted by Gasteiger charge is 2.28. The molecule has 61 heavy (non-hydrogen) atoms. The van der Waals surface area contributed by atoms with Gasteiger partial charge < -0.3 is 24.4 Å². The molecule has 13 nitrogen and oxygen atoms in total. The van der Waals surface area contributed by atoms with Gasteiger partial charge in [-0.1, -0.05) is 64.2 Å². The SMILES string of the molecule is CCC(C)C(=O)c1ccc(N2CCN(CCOCCNC(=O)c3cc(C(C)(C)c4ccc(OCc5ccnc(NN(C)S)n5)cc4)cc(Cl)c3OCCCl)CC2)cc1C(C)=O. The maximum absolute atomic E-state index is 13.7. The summed E-state index contributed by atoms with van der Waals surface area (Å²) in [7, 11) is 1.73. The Kier molecular flexibility index (Phi) is 17.6. The number of Topliss-reactive ketones (excluding diaryl/α,β-unsaturated/α-hetero) is 2. The lowest BCUT2D eigenvalue weighted by atomic mass is 9.77. The average Bonchev–Trinajstić information content (AvgIpc) is 3.25. The van der Waals surface area contributed by atoms with Gasteiger partial charge in [-0.2, -0.15) is 4.41 Å². The van der Waals surface area contributed by atoms with Crippen molar-refractivity contribution in [1.82, 2.24) is 24.6 Å². The normalized spacial score (nSPS) is 13.8. The Balaban J connectivity index is 1.12. The monoisotopic (exact) mass is 893 g/mol. The zero-order chi connectivity index (χ0) is 44.1. The number of amides is 1. The van der Waals surface area contributed by atoms with E-state index < -0.39 is 5.41 Å². The number of aromatic nitrogens is 2. The Hall–Kier alpha value is -4.44. The standard InChI is InChI=1S/C45H57Cl2N7O6S/c1-7-30(2)41(56)37-13-10-35(28-38(37)31(3)55)54-20-18-53(19-21-54)22-25-58-24-17-48-43(57)39-26-33(27-40(47)42(39)59-23-15-46)45(4,5)32-8-11-36(12-9-32)60-29-34-14-16-49-44(50-34)51-52(6)61/h8-14,16,26-28,30,61H,7,15,17-25,29H2,1-6H3,(H,48,57)(H,49,50,51). The molecule has 1 fully saturated rings. The number of carbonyl (C=O) groups is 3. The lowest BCUT2D eigenvalue weighted by Crippen LogP contribution is -2.47. The summed E-state index contributed by atoms with van der Waals surface area (Å²) in [6.07, 6.45) is 2.38. The summed E-state index contributed by atoms with van der Waals surface area (Å²) in [5.74, 6) is 1.05. The number of rotatable bonds is 22. The molecule has 3 aromatic carbocycles. The number of carbonyl (C=O) groups excluding carboxylic acids is 3. The molecule has 1 saturated heterocycles. The van der Waals surface area contributed by atoms with Gasteiger partial charge in [-0.15, -0.1) is 11.6 Å². The largest absolute Gasteiger partial charge is 0.490 e. The van der Waals surface area contributed by atoms with E-state index in [1.165, 1.54) is 11.3 Å². The van der Waals surface area contributed by atoms with Crippen LogP contribution in [0.25, 0.3) is 0 Å². The van der Waals surface area contributed by atoms with Crippen molar-refractivity contribution in [1.29, 1.82) is 0 Å². The molecule has 5 rings (SSSR count). The van der Waals surface area contributed by atoms with Crippen LogP contribution in [-0.2, 0) is 16.8 Å². The maximum Gasteiger partial charge on any atom is 0.255 e. The number of anilines is 2. The molecule has 328 valence electrons. The molecule has 1 unspecified atom stereocenters. The van der Waals surface area contributed by atoms with Crippen molar-refractivity contribution >= 4 is 65.1 Å². The number of ketones is 2. The summed E-state index contributed by atoms with van der Waals surface area (Å²) in [6, 6.07) is 18.8. The Morgan fingerprint density at radius 2 is 1.67 bits per heavy atom. The molecule has 1 amide bonds. The summed E-state index contributed by atoms with van der Waals surface area (Å²) in [5.41, 5.74) is 7.14. The first-order chi connectivity index (χ1) is 29.2. The number of hydrazine groups is 1. The quantitative estimate of drug-likeness (QED) is 0.0234. The van der Waals surface area contributed by atoms with Crippen molar-refractivity contribution in [3.05, 3.63) is 105 Å². The van der Waals surface area contributed by atoms with E-state index in [4.69, 9.17) is 37.4 Å². The summed E-state index contributed by atoms with van der Waals surface area (Å²) in [6.45, 7) is 15.1. The van der Waals surface area contributed by atoms with Gasteiger partial charge in [0.05, 0.1) is 35.4 Å². The van der Waals surface area contributed by atoms with Crippen LogP contribution in [0.1, 0.15) is 88.9 Å². The Bertz CT molecular complexity index is 2120. The molecule has 0 saturated carbocycles. The Morgan fingerprint density at radius 1 is 0.934 bits per heavy atom. The molecule has 0 bridgehead atoms. The number of nitrogens with one attached hydrogen (secondary N) is 2. The molecule has 0 spiro atoms. The molecule has 2 N–H and O–H groups in total. The fourth-order valence-corrected chi connectivity index (χ4v) is 7.36. The summed E-state index contributed by atoms with van der Waals surface area (Å²) in [5, 5.41) is 3.28. The van der Waals surface area contributed by atoms with Gasteiger partial charge in [0.1, 0.15) is 19.0 Å². The van der Waals surface area contributed by atoms with Crippen LogP contribution in [0.2, 0.25) is 5.02 Å². The minimum absolute atomic E-state index is 0.0103. The van der Waals surface area contributed by atoms with Crippen LogP contribution in [0.15, 0.2) is 66.9 Å². The van der Waals surface area contributed by atoms with Gasteiger partial charge in [-0.3, -0.25) is 24.7 Å². The van der Waals surface area contributed by atoms with E-state index in [2.05, 4.69) is 57.2 Å². The van der Waals surface area contributed by atoms with Crippen LogP contribution in [0.5, 0.6) is 11.5 Å². The highest BCUT2D eigenvalue weighted by molar-refractivity contribution is 7.77. The molecule has 1 aliphatic rings. The summed E-state index contributed by atoms with van der Waals surface area (Å²) < 4.78 is 19.3. The number of piperazine rings is 1. The minimum atomic E-state index is -0.543. The number of thiol groups is 1. The molecular formula is C45H57Cl2N7O6S. The second-order valence-corrected chi connectivity index (χ2v) is 16.9. The molecule has 16 heteroatoms. The van der Waals surface area contributed by atoms with Gasteiger partial charge in [0.15, 0.2) is 17.3 Å². The number of hydrogen-bond donors (Lipinski definition) is 3. The molecule has 0 aliphatic carbocycles. The van der Waals surface area contributed by atoms with Gasteiger partial charge in [-0.05, 0) is 73.0 Å². The van der Waals surface area contributed by atoms with Crippen LogP contribution in [0.3, 0.4) is 0 Å². The van der Waals surface area contributed by atoms with Gasteiger partial charge in [-0.25, -0.2) is 9.97 Å². The van der Waals surface area contributed by atoms with E-state index in [0.717, 1.165) is 56.0 Å². The van der Waals surface area contributed by atoms with Crippen molar-refractivity contribution in [2.24, 2.45) is 5.92 Å².